The molecule has 1 atom stereocenters. The van der Waals surface area contributed by atoms with Crippen molar-refractivity contribution in [2.75, 3.05) is 4.90 Å². The zero-order valence-corrected chi connectivity index (χ0v) is 18.3. The molecule has 0 radical (unpaired) electrons. The van der Waals surface area contributed by atoms with Gasteiger partial charge in [-0.1, -0.05) is 63.4 Å². The molecule has 148 valence electrons. The van der Waals surface area contributed by atoms with Crippen LogP contribution in [0.3, 0.4) is 0 Å². The van der Waals surface area contributed by atoms with Crippen LogP contribution < -0.4 is 10.3 Å². The van der Waals surface area contributed by atoms with Gasteiger partial charge in [-0.3, -0.25) is 14.5 Å². The molecule has 0 N–H and O–H groups in total. The van der Waals surface area contributed by atoms with Gasteiger partial charge >= 0.3 is 0 Å². The second kappa shape index (κ2) is 7.27. The molecule has 1 aromatic heterocycles. The van der Waals surface area contributed by atoms with Crippen LogP contribution in [0.4, 0.5) is 5.69 Å². The summed E-state index contributed by atoms with van der Waals surface area (Å²) < 4.78 is 6.69. The molecular weight excluding hydrogens is 489 g/mol. The van der Waals surface area contributed by atoms with Gasteiger partial charge in [0, 0.05) is 10.2 Å². The molecule has 30 heavy (non-hydrogen) atoms. The predicted octanol–water partition coefficient (Wildman–Crippen LogP) is 6.61. The Bertz CT molecular complexity index is 1380. The van der Waals surface area contributed by atoms with Crippen molar-refractivity contribution in [1.29, 1.82) is 0 Å². The Morgan fingerprint density at radius 1 is 0.900 bits per heavy atom. The van der Waals surface area contributed by atoms with E-state index in [4.69, 9.17) is 27.6 Å². The van der Waals surface area contributed by atoms with Gasteiger partial charge in [0.15, 0.2) is 5.43 Å². The van der Waals surface area contributed by atoms with Gasteiger partial charge in [0.1, 0.15) is 5.58 Å². The van der Waals surface area contributed by atoms with Gasteiger partial charge < -0.3 is 4.42 Å². The normalized spacial score (nSPS) is 15.6. The van der Waals surface area contributed by atoms with E-state index in [9.17, 15) is 9.59 Å². The summed E-state index contributed by atoms with van der Waals surface area (Å²) in [6.07, 6.45) is 0. The number of para-hydroxylation sites is 1. The zero-order valence-electron chi connectivity index (χ0n) is 15.2. The van der Waals surface area contributed by atoms with Crippen LogP contribution in [0.1, 0.15) is 27.7 Å². The number of amides is 1. The fourth-order valence-electron chi connectivity index (χ4n) is 3.80. The van der Waals surface area contributed by atoms with E-state index in [1.807, 2.05) is 30.3 Å². The van der Waals surface area contributed by atoms with Crippen molar-refractivity contribution in [3.05, 3.63) is 108 Å². The van der Waals surface area contributed by atoms with E-state index in [-0.39, 0.29) is 22.7 Å². The van der Waals surface area contributed by atoms with E-state index in [2.05, 4.69) is 15.9 Å². The topological polar surface area (TPSA) is 50.5 Å². The van der Waals surface area contributed by atoms with Crippen molar-refractivity contribution in [2.45, 2.75) is 6.04 Å². The molecule has 1 unspecified atom stereocenters. The first-order valence-corrected chi connectivity index (χ1v) is 10.6. The largest absolute Gasteiger partial charge is 0.450 e. The van der Waals surface area contributed by atoms with E-state index in [0.29, 0.717) is 32.3 Å². The molecule has 0 fully saturated rings. The summed E-state index contributed by atoms with van der Waals surface area (Å²) in [6, 6.07) is 18.7. The Labute approximate surface area is 189 Å². The number of fused-ring (bicyclic) bond motifs is 2. The van der Waals surface area contributed by atoms with Crippen LogP contribution in [0.5, 0.6) is 0 Å². The molecule has 1 aliphatic heterocycles. The summed E-state index contributed by atoms with van der Waals surface area (Å²) in [5, 5.41) is 1.14. The molecule has 3 aromatic carbocycles. The average molecular weight is 501 g/mol. The minimum absolute atomic E-state index is 0.0368. The third-order valence-electron chi connectivity index (χ3n) is 5.13. The molecule has 0 saturated heterocycles. The lowest BCUT2D eigenvalue weighted by Gasteiger charge is -2.25. The summed E-state index contributed by atoms with van der Waals surface area (Å²) in [7, 11) is 0. The van der Waals surface area contributed by atoms with Gasteiger partial charge in [-0.15, -0.1) is 0 Å². The Balaban J connectivity index is 1.84. The van der Waals surface area contributed by atoms with Crippen LogP contribution in [0.2, 0.25) is 10.0 Å². The second-order valence-corrected chi connectivity index (χ2v) is 8.63. The summed E-state index contributed by atoms with van der Waals surface area (Å²) in [6.45, 7) is 0. The molecule has 0 spiro atoms. The van der Waals surface area contributed by atoms with E-state index in [0.717, 1.165) is 4.47 Å². The fourth-order valence-corrected chi connectivity index (χ4v) is 4.47. The predicted molar refractivity (Wildman–Crippen MR) is 122 cm³/mol. The molecule has 0 saturated carbocycles. The van der Waals surface area contributed by atoms with Crippen molar-refractivity contribution in [3.8, 4) is 0 Å². The number of benzene rings is 3. The molecule has 4 aromatic rings. The third kappa shape index (κ3) is 2.97. The summed E-state index contributed by atoms with van der Waals surface area (Å²) in [5.74, 6) is -0.344. The van der Waals surface area contributed by atoms with Gasteiger partial charge in [-0.25, -0.2) is 0 Å². The quantitative estimate of drug-likeness (QED) is 0.311. The van der Waals surface area contributed by atoms with Gasteiger partial charge in [0.2, 0.25) is 5.76 Å². The standard InChI is InChI=1S/C23H12BrCl2NO3/c24-13-7-9-18-15(11-13)21(28)19-20(12-6-8-16(25)17(26)10-12)27(23(29)22(19)30-18)14-4-2-1-3-5-14/h1-11,20H. The molecule has 1 aliphatic rings. The van der Waals surface area contributed by atoms with Gasteiger partial charge in [-0.2, -0.15) is 0 Å². The lowest BCUT2D eigenvalue weighted by molar-refractivity contribution is 0.0971. The average Bonchev–Trinajstić information content (AvgIpc) is 3.04. The molecule has 2 heterocycles. The lowest BCUT2D eigenvalue weighted by Crippen LogP contribution is -2.29. The van der Waals surface area contributed by atoms with Crippen LogP contribution in [0.25, 0.3) is 11.0 Å². The highest BCUT2D eigenvalue weighted by Crippen LogP contribution is 2.42. The Morgan fingerprint density at radius 2 is 1.67 bits per heavy atom. The number of carbonyl (C=O) groups excluding carboxylic acids is 1. The van der Waals surface area contributed by atoms with Crippen molar-refractivity contribution in [2.24, 2.45) is 0 Å². The summed E-state index contributed by atoms with van der Waals surface area (Å²) >= 11 is 15.8. The van der Waals surface area contributed by atoms with Crippen LogP contribution in [0, 0.1) is 0 Å². The van der Waals surface area contributed by atoms with Gasteiger partial charge in [0.05, 0.1) is 27.0 Å². The van der Waals surface area contributed by atoms with Crippen LogP contribution in [0.15, 0.2) is 80.4 Å². The minimum atomic E-state index is -0.690. The lowest BCUT2D eigenvalue weighted by atomic mass is 9.98. The zero-order chi connectivity index (χ0) is 21.0. The maximum atomic E-state index is 13.5. The summed E-state index contributed by atoms with van der Waals surface area (Å²) in [4.78, 5) is 28.5. The van der Waals surface area contributed by atoms with E-state index >= 15 is 0 Å². The maximum absolute atomic E-state index is 13.5. The number of anilines is 1. The Kier molecular flexibility index (Phi) is 4.69. The smallest absolute Gasteiger partial charge is 0.295 e. The highest BCUT2D eigenvalue weighted by Gasteiger charge is 2.43. The number of hydrogen-bond donors (Lipinski definition) is 0. The van der Waals surface area contributed by atoms with E-state index < -0.39 is 6.04 Å². The summed E-state index contributed by atoms with van der Waals surface area (Å²) in [5.41, 5.74) is 1.71. The Morgan fingerprint density at radius 3 is 2.40 bits per heavy atom. The molecule has 5 rings (SSSR count). The molecule has 7 heteroatoms. The number of rotatable bonds is 2. The number of halogens is 3. The number of hydrogen-bond acceptors (Lipinski definition) is 3. The number of carbonyl (C=O) groups is 1. The highest BCUT2D eigenvalue weighted by atomic mass is 79.9. The number of nitrogens with zero attached hydrogens (tertiary/aromatic N) is 1. The maximum Gasteiger partial charge on any atom is 0.295 e. The van der Waals surface area contributed by atoms with Gasteiger partial charge in [0.25, 0.3) is 5.91 Å². The molecule has 0 bridgehead atoms. The van der Waals surface area contributed by atoms with Crippen LogP contribution in [-0.2, 0) is 0 Å². The van der Waals surface area contributed by atoms with E-state index in [1.54, 1.807) is 41.3 Å². The molecule has 0 aliphatic carbocycles. The molecule has 1 amide bonds. The molecular formula is C23H12BrCl2NO3. The monoisotopic (exact) mass is 499 g/mol. The highest BCUT2D eigenvalue weighted by molar-refractivity contribution is 9.10. The third-order valence-corrected chi connectivity index (χ3v) is 6.36. The SMILES string of the molecule is O=C1c2oc3ccc(Br)cc3c(=O)c2C(c2ccc(Cl)c(Cl)c2)N1c1ccccc1. The first-order valence-electron chi connectivity index (χ1n) is 9.05. The Hall–Kier alpha value is -2.60. The second-order valence-electron chi connectivity index (χ2n) is 6.90. The fraction of sp³-hybridized carbons (Fsp3) is 0.0435. The van der Waals surface area contributed by atoms with Crippen molar-refractivity contribution >= 4 is 61.7 Å². The van der Waals surface area contributed by atoms with E-state index in [1.165, 1.54) is 0 Å². The first-order chi connectivity index (χ1) is 14.5. The van der Waals surface area contributed by atoms with Gasteiger partial charge in [-0.05, 0) is 48.0 Å². The van der Waals surface area contributed by atoms with Crippen LogP contribution >= 0.6 is 39.1 Å². The van der Waals surface area contributed by atoms with Crippen LogP contribution in [-0.4, -0.2) is 5.91 Å². The van der Waals surface area contributed by atoms with Crippen molar-refractivity contribution in [1.82, 2.24) is 0 Å². The molecule has 4 nitrogen and oxygen atoms in total. The van der Waals surface area contributed by atoms with Crippen molar-refractivity contribution in [3.63, 3.8) is 0 Å². The van der Waals surface area contributed by atoms with Crippen molar-refractivity contribution < 1.29 is 9.21 Å². The first kappa shape index (κ1) is 19.4. The minimum Gasteiger partial charge on any atom is -0.450 e.